The number of H-pyrrole nitrogens is 1. The van der Waals surface area contributed by atoms with Crippen LogP contribution in [0.3, 0.4) is 0 Å². The van der Waals surface area contributed by atoms with Crippen LogP contribution in [0.25, 0.3) is 0 Å². The van der Waals surface area contributed by atoms with Crippen LogP contribution in [-0.4, -0.2) is 34.1 Å². The van der Waals surface area contributed by atoms with E-state index in [2.05, 4.69) is 10.2 Å². The molecule has 1 aromatic carbocycles. The number of rotatable bonds is 4. The van der Waals surface area contributed by atoms with Crippen LogP contribution < -0.4 is 0 Å². The van der Waals surface area contributed by atoms with E-state index in [1.807, 2.05) is 24.0 Å². The van der Waals surface area contributed by atoms with Crippen molar-refractivity contribution in [2.24, 2.45) is 5.92 Å². The lowest BCUT2D eigenvalue weighted by Crippen LogP contribution is -2.39. The van der Waals surface area contributed by atoms with E-state index in [0.717, 1.165) is 50.0 Å². The second-order valence-electron chi connectivity index (χ2n) is 6.20. The summed E-state index contributed by atoms with van der Waals surface area (Å²) in [6.07, 6.45) is 3.62. The minimum atomic E-state index is -0.180. The van der Waals surface area contributed by atoms with Gasteiger partial charge in [0.05, 0.1) is 0 Å². The normalized spacial score (nSPS) is 15.8. The van der Waals surface area contributed by atoms with E-state index < -0.39 is 0 Å². The fourth-order valence-corrected chi connectivity index (χ4v) is 3.15. The standard InChI is InChI=1S/C18H22FN3O/c1-2-16-12-17(21-20-16)18(23)22-8-6-13(7-9-22)10-14-4-3-5-15(19)11-14/h3-5,11-13H,2,6-10H2,1H3,(H,20,21). The third kappa shape index (κ3) is 3.78. The monoisotopic (exact) mass is 315 g/mol. The van der Waals surface area contributed by atoms with E-state index in [0.29, 0.717) is 11.6 Å². The number of aryl methyl sites for hydroxylation is 1. The van der Waals surface area contributed by atoms with Crippen molar-refractivity contribution >= 4 is 5.91 Å². The second kappa shape index (κ2) is 6.94. The highest BCUT2D eigenvalue weighted by Gasteiger charge is 2.25. The first-order chi connectivity index (χ1) is 11.2. The molecule has 1 amide bonds. The fourth-order valence-electron chi connectivity index (χ4n) is 3.15. The number of nitrogens with zero attached hydrogens (tertiary/aromatic N) is 2. The number of carbonyl (C=O) groups excluding carboxylic acids is 1. The van der Waals surface area contributed by atoms with Gasteiger partial charge in [0.2, 0.25) is 0 Å². The lowest BCUT2D eigenvalue weighted by Gasteiger charge is -2.31. The number of likely N-dealkylation sites (tertiary alicyclic amines) is 1. The van der Waals surface area contributed by atoms with Gasteiger partial charge < -0.3 is 4.90 Å². The molecule has 3 rings (SSSR count). The lowest BCUT2D eigenvalue weighted by molar-refractivity contribution is 0.0684. The van der Waals surface area contributed by atoms with Crippen LogP contribution in [0.15, 0.2) is 30.3 Å². The molecule has 1 aromatic heterocycles. The molecule has 1 fully saturated rings. The van der Waals surface area contributed by atoms with Gasteiger partial charge in [0.25, 0.3) is 5.91 Å². The molecule has 0 unspecified atom stereocenters. The van der Waals surface area contributed by atoms with Gasteiger partial charge in [0.1, 0.15) is 11.5 Å². The number of aromatic amines is 1. The van der Waals surface area contributed by atoms with Crippen molar-refractivity contribution in [2.45, 2.75) is 32.6 Å². The average molecular weight is 315 g/mol. The number of amides is 1. The van der Waals surface area contributed by atoms with Crippen molar-refractivity contribution in [3.05, 3.63) is 53.1 Å². The zero-order chi connectivity index (χ0) is 16.2. The summed E-state index contributed by atoms with van der Waals surface area (Å²) in [5.74, 6) is 0.330. The Morgan fingerprint density at radius 2 is 2.13 bits per heavy atom. The van der Waals surface area contributed by atoms with Gasteiger partial charge in [-0.2, -0.15) is 5.10 Å². The van der Waals surface area contributed by atoms with Gasteiger partial charge in [-0.15, -0.1) is 0 Å². The molecule has 1 aliphatic rings. The number of hydrogen-bond donors (Lipinski definition) is 1. The predicted molar refractivity (Wildman–Crippen MR) is 86.7 cm³/mol. The fraction of sp³-hybridized carbons (Fsp3) is 0.444. The highest BCUT2D eigenvalue weighted by Crippen LogP contribution is 2.23. The Balaban J connectivity index is 1.54. The highest BCUT2D eigenvalue weighted by molar-refractivity contribution is 5.92. The lowest BCUT2D eigenvalue weighted by atomic mass is 9.90. The molecule has 0 radical (unpaired) electrons. The minimum absolute atomic E-state index is 0.00477. The molecule has 1 aliphatic heterocycles. The molecule has 4 nitrogen and oxygen atoms in total. The minimum Gasteiger partial charge on any atom is -0.337 e. The molecular formula is C18H22FN3O. The Bertz CT molecular complexity index is 674. The first-order valence-electron chi connectivity index (χ1n) is 8.23. The van der Waals surface area contributed by atoms with Crippen molar-refractivity contribution < 1.29 is 9.18 Å². The van der Waals surface area contributed by atoms with Crippen molar-refractivity contribution in [3.63, 3.8) is 0 Å². The maximum atomic E-state index is 13.2. The second-order valence-corrected chi connectivity index (χ2v) is 6.20. The van der Waals surface area contributed by atoms with Gasteiger partial charge >= 0.3 is 0 Å². The first-order valence-corrected chi connectivity index (χ1v) is 8.23. The number of nitrogens with one attached hydrogen (secondary N) is 1. The number of carbonyl (C=O) groups is 1. The van der Waals surface area contributed by atoms with Crippen LogP contribution in [0.5, 0.6) is 0 Å². The van der Waals surface area contributed by atoms with Crippen molar-refractivity contribution in [1.82, 2.24) is 15.1 Å². The number of piperidine rings is 1. The predicted octanol–water partition coefficient (Wildman–Crippen LogP) is 3.21. The Morgan fingerprint density at radius 1 is 1.35 bits per heavy atom. The number of hydrogen-bond acceptors (Lipinski definition) is 2. The summed E-state index contributed by atoms with van der Waals surface area (Å²) in [5.41, 5.74) is 2.52. The quantitative estimate of drug-likeness (QED) is 0.942. The third-order valence-electron chi connectivity index (χ3n) is 4.55. The zero-order valence-corrected chi connectivity index (χ0v) is 13.4. The summed E-state index contributed by atoms with van der Waals surface area (Å²) in [6, 6.07) is 8.64. The van der Waals surface area contributed by atoms with Crippen LogP contribution >= 0.6 is 0 Å². The SMILES string of the molecule is CCc1cc(C(=O)N2CCC(Cc3cccc(F)c3)CC2)n[nH]1. The molecule has 122 valence electrons. The Kier molecular flexibility index (Phi) is 4.74. The molecule has 0 bridgehead atoms. The summed E-state index contributed by atoms with van der Waals surface area (Å²) in [5, 5.41) is 6.99. The Labute approximate surface area is 135 Å². The molecule has 1 saturated heterocycles. The molecule has 0 aliphatic carbocycles. The van der Waals surface area contributed by atoms with Gasteiger partial charge in [-0.3, -0.25) is 9.89 Å². The topological polar surface area (TPSA) is 49.0 Å². The molecule has 0 spiro atoms. The molecule has 5 heteroatoms. The molecule has 1 N–H and O–H groups in total. The number of aromatic nitrogens is 2. The van der Waals surface area contributed by atoms with Gasteiger partial charge in [0.15, 0.2) is 0 Å². The maximum absolute atomic E-state index is 13.2. The zero-order valence-electron chi connectivity index (χ0n) is 13.4. The van der Waals surface area contributed by atoms with Gasteiger partial charge in [-0.25, -0.2) is 4.39 Å². The van der Waals surface area contributed by atoms with Gasteiger partial charge in [0, 0.05) is 18.8 Å². The molecule has 0 atom stereocenters. The number of benzene rings is 1. The van der Waals surface area contributed by atoms with Crippen LogP contribution in [0, 0.1) is 11.7 Å². The molecule has 2 aromatic rings. The average Bonchev–Trinajstić information content (AvgIpc) is 3.04. The molecule has 0 saturated carbocycles. The summed E-state index contributed by atoms with van der Waals surface area (Å²) in [4.78, 5) is 14.3. The van der Waals surface area contributed by atoms with E-state index >= 15 is 0 Å². The van der Waals surface area contributed by atoms with E-state index in [-0.39, 0.29) is 11.7 Å². The first kappa shape index (κ1) is 15.7. The van der Waals surface area contributed by atoms with Crippen LogP contribution in [-0.2, 0) is 12.8 Å². The molecule has 23 heavy (non-hydrogen) atoms. The van der Waals surface area contributed by atoms with Crippen LogP contribution in [0.1, 0.15) is 41.5 Å². The smallest absolute Gasteiger partial charge is 0.274 e. The largest absolute Gasteiger partial charge is 0.337 e. The van der Waals surface area contributed by atoms with E-state index in [1.54, 1.807) is 12.1 Å². The molecule has 2 heterocycles. The van der Waals surface area contributed by atoms with Crippen molar-refractivity contribution in [1.29, 1.82) is 0 Å². The highest BCUT2D eigenvalue weighted by atomic mass is 19.1. The number of halogens is 1. The Hall–Kier alpha value is -2.17. The van der Waals surface area contributed by atoms with E-state index in [4.69, 9.17) is 0 Å². The summed E-state index contributed by atoms with van der Waals surface area (Å²) < 4.78 is 13.2. The molecular weight excluding hydrogens is 293 g/mol. The van der Waals surface area contributed by atoms with Gasteiger partial charge in [-0.05, 0) is 55.4 Å². The van der Waals surface area contributed by atoms with E-state index in [1.165, 1.54) is 6.07 Å². The van der Waals surface area contributed by atoms with Crippen LogP contribution in [0.2, 0.25) is 0 Å². The summed E-state index contributed by atoms with van der Waals surface area (Å²) >= 11 is 0. The van der Waals surface area contributed by atoms with Crippen molar-refractivity contribution in [2.75, 3.05) is 13.1 Å². The van der Waals surface area contributed by atoms with Gasteiger partial charge in [-0.1, -0.05) is 19.1 Å². The van der Waals surface area contributed by atoms with E-state index in [9.17, 15) is 9.18 Å². The van der Waals surface area contributed by atoms with Crippen molar-refractivity contribution in [3.8, 4) is 0 Å². The summed E-state index contributed by atoms with van der Waals surface area (Å²) in [6.45, 7) is 3.51. The maximum Gasteiger partial charge on any atom is 0.274 e. The Morgan fingerprint density at radius 3 is 2.78 bits per heavy atom. The summed E-state index contributed by atoms with van der Waals surface area (Å²) in [7, 11) is 0. The third-order valence-corrected chi connectivity index (χ3v) is 4.55. The van der Waals surface area contributed by atoms with Crippen LogP contribution in [0.4, 0.5) is 4.39 Å².